The molecule has 1 aliphatic heterocycles. The van der Waals surface area contributed by atoms with E-state index in [2.05, 4.69) is 54.1 Å². The lowest BCUT2D eigenvalue weighted by atomic mass is 9.85. The summed E-state index contributed by atoms with van der Waals surface area (Å²) in [6.45, 7) is 6.80. The first kappa shape index (κ1) is 18.7. The molecule has 1 unspecified atom stereocenters. The van der Waals surface area contributed by atoms with Gasteiger partial charge in [0.2, 0.25) is 0 Å². The molecule has 0 aliphatic carbocycles. The second-order valence-electron chi connectivity index (χ2n) is 5.62. The van der Waals surface area contributed by atoms with Crippen LogP contribution in [0.25, 0.3) is 0 Å². The second-order valence-corrected chi connectivity index (χ2v) is 6.24. The molecule has 2 rings (SSSR count). The maximum absolute atomic E-state index is 10.9. The van der Waals surface area contributed by atoms with Gasteiger partial charge in [0.1, 0.15) is 0 Å². The SMILES string of the molecule is C#C.CC[C@@]1(c2ccc(C)cc2P)C[C@@H](COC(C)=O)CO1. The molecule has 1 saturated heterocycles. The maximum atomic E-state index is 10.9. The van der Waals surface area contributed by atoms with Gasteiger partial charge in [-0.05, 0) is 30.6 Å². The van der Waals surface area contributed by atoms with Gasteiger partial charge >= 0.3 is 5.97 Å². The number of rotatable bonds is 4. The molecule has 0 amide bonds. The van der Waals surface area contributed by atoms with Gasteiger partial charge in [-0.15, -0.1) is 22.1 Å². The largest absolute Gasteiger partial charge is 0.465 e. The topological polar surface area (TPSA) is 35.5 Å². The van der Waals surface area contributed by atoms with Crippen molar-refractivity contribution >= 4 is 20.5 Å². The van der Waals surface area contributed by atoms with Crippen molar-refractivity contribution in [1.82, 2.24) is 0 Å². The number of ether oxygens (including phenoxy) is 2. The van der Waals surface area contributed by atoms with Gasteiger partial charge in [0.05, 0.1) is 18.8 Å². The Morgan fingerprint density at radius 3 is 2.73 bits per heavy atom. The fourth-order valence-electron chi connectivity index (χ4n) is 2.93. The normalized spacial score (nSPS) is 23.5. The fourth-order valence-corrected chi connectivity index (χ4v) is 3.55. The Morgan fingerprint density at radius 1 is 1.50 bits per heavy atom. The molecule has 22 heavy (non-hydrogen) atoms. The molecule has 120 valence electrons. The van der Waals surface area contributed by atoms with E-state index in [-0.39, 0.29) is 17.5 Å². The van der Waals surface area contributed by atoms with Crippen LogP contribution in [0, 0.1) is 25.7 Å². The Labute approximate surface area is 136 Å². The predicted octanol–water partition coefficient (Wildman–Crippen LogP) is 2.95. The minimum atomic E-state index is -0.240. The smallest absolute Gasteiger partial charge is 0.302 e. The van der Waals surface area contributed by atoms with E-state index in [1.807, 2.05) is 0 Å². The van der Waals surface area contributed by atoms with Gasteiger partial charge in [-0.25, -0.2) is 0 Å². The number of hydrogen-bond donors (Lipinski definition) is 0. The van der Waals surface area contributed by atoms with Crippen molar-refractivity contribution in [3.63, 3.8) is 0 Å². The van der Waals surface area contributed by atoms with Gasteiger partial charge in [-0.1, -0.05) is 30.7 Å². The number of carbonyl (C=O) groups is 1. The van der Waals surface area contributed by atoms with Gasteiger partial charge in [0.25, 0.3) is 0 Å². The summed E-state index contributed by atoms with van der Waals surface area (Å²) >= 11 is 0. The average Bonchev–Trinajstić information content (AvgIpc) is 2.92. The molecule has 0 radical (unpaired) electrons. The summed E-state index contributed by atoms with van der Waals surface area (Å²) in [5, 5.41) is 1.19. The molecule has 0 N–H and O–H groups in total. The summed E-state index contributed by atoms with van der Waals surface area (Å²) in [5.74, 6) is 0.0608. The van der Waals surface area contributed by atoms with Crippen LogP contribution in [0.5, 0.6) is 0 Å². The molecule has 4 heteroatoms. The Morgan fingerprint density at radius 2 is 2.18 bits per heavy atom. The number of carbonyl (C=O) groups excluding carboxylic acids is 1. The zero-order valence-corrected chi connectivity index (χ0v) is 14.7. The molecule has 0 aromatic heterocycles. The van der Waals surface area contributed by atoms with E-state index >= 15 is 0 Å². The lowest BCUT2D eigenvalue weighted by Gasteiger charge is -2.29. The quantitative estimate of drug-likeness (QED) is 0.486. The number of terminal acetylenes is 1. The Bertz CT molecular complexity index is 538. The van der Waals surface area contributed by atoms with Crippen LogP contribution in [0.3, 0.4) is 0 Å². The van der Waals surface area contributed by atoms with Gasteiger partial charge in [-0.3, -0.25) is 4.79 Å². The van der Waals surface area contributed by atoms with Gasteiger partial charge in [0.15, 0.2) is 0 Å². The van der Waals surface area contributed by atoms with Crippen LogP contribution < -0.4 is 5.30 Å². The molecular weight excluding hydrogens is 295 g/mol. The minimum absolute atomic E-state index is 0.221. The van der Waals surface area contributed by atoms with E-state index in [0.717, 1.165) is 12.8 Å². The van der Waals surface area contributed by atoms with Crippen molar-refractivity contribution in [2.24, 2.45) is 5.92 Å². The molecule has 1 fully saturated rings. The lowest BCUT2D eigenvalue weighted by Crippen LogP contribution is -2.29. The molecule has 0 bridgehead atoms. The van der Waals surface area contributed by atoms with Crippen LogP contribution in [-0.2, 0) is 19.9 Å². The van der Waals surface area contributed by atoms with E-state index < -0.39 is 0 Å². The van der Waals surface area contributed by atoms with Gasteiger partial charge in [0, 0.05) is 12.8 Å². The molecule has 1 heterocycles. The minimum Gasteiger partial charge on any atom is -0.465 e. The van der Waals surface area contributed by atoms with E-state index in [1.165, 1.54) is 23.4 Å². The first-order valence-electron chi connectivity index (χ1n) is 7.44. The van der Waals surface area contributed by atoms with Crippen molar-refractivity contribution in [3.8, 4) is 12.8 Å². The van der Waals surface area contributed by atoms with Crippen molar-refractivity contribution in [2.75, 3.05) is 13.2 Å². The number of aryl methyl sites for hydroxylation is 1. The van der Waals surface area contributed by atoms with Gasteiger partial charge in [-0.2, -0.15) is 0 Å². The summed E-state index contributed by atoms with van der Waals surface area (Å²) in [5.41, 5.74) is 2.25. The van der Waals surface area contributed by atoms with Crippen LogP contribution >= 0.6 is 9.24 Å². The molecule has 3 atom stereocenters. The zero-order valence-electron chi connectivity index (χ0n) is 13.6. The molecule has 0 spiro atoms. The summed E-state index contributed by atoms with van der Waals surface area (Å²) < 4.78 is 11.3. The monoisotopic (exact) mass is 320 g/mol. The van der Waals surface area contributed by atoms with Crippen LogP contribution in [0.2, 0.25) is 0 Å². The summed E-state index contributed by atoms with van der Waals surface area (Å²) in [6, 6.07) is 6.46. The average molecular weight is 320 g/mol. The highest BCUT2D eigenvalue weighted by atomic mass is 31.0. The Kier molecular flexibility index (Phi) is 7.07. The number of esters is 1. The number of benzene rings is 1. The Balaban J connectivity index is 0.00000116. The van der Waals surface area contributed by atoms with E-state index in [1.54, 1.807) is 0 Å². The Hall–Kier alpha value is -1.36. The highest BCUT2D eigenvalue weighted by molar-refractivity contribution is 7.27. The zero-order chi connectivity index (χ0) is 16.8. The predicted molar refractivity (Wildman–Crippen MR) is 93.1 cm³/mol. The van der Waals surface area contributed by atoms with Crippen LogP contribution in [0.4, 0.5) is 0 Å². The van der Waals surface area contributed by atoms with Crippen LogP contribution in [0.1, 0.15) is 37.8 Å². The van der Waals surface area contributed by atoms with E-state index in [0.29, 0.717) is 13.2 Å². The second kappa shape index (κ2) is 8.32. The van der Waals surface area contributed by atoms with E-state index in [9.17, 15) is 4.79 Å². The van der Waals surface area contributed by atoms with Crippen molar-refractivity contribution in [3.05, 3.63) is 29.3 Å². The van der Waals surface area contributed by atoms with Crippen molar-refractivity contribution in [2.45, 2.75) is 39.2 Å². The molecule has 1 aromatic rings. The standard InChI is InChI=1S/C16H23O3P.C2H2/c1-4-16(14-6-5-11(2)7-15(14)20)8-13(10-19-16)9-18-12(3)17;1-2/h5-7,13H,4,8-10,20H2,1-3H3;1-2H/t13-,16-;/m0./s1. The summed E-state index contributed by atoms with van der Waals surface area (Å²) in [6.07, 6.45) is 9.83. The van der Waals surface area contributed by atoms with Crippen LogP contribution in [0.15, 0.2) is 18.2 Å². The molecule has 3 nitrogen and oxygen atoms in total. The van der Waals surface area contributed by atoms with E-state index in [4.69, 9.17) is 9.47 Å². The first-order chi connectivity index (χ1) is 10.5. The van der Waals surface area contributed by atoms with Crippen molar-refractivity contribution in [1.29, 1.82) is 0 Å². The molecule has 1 aromatic carbocycles. The fraction of sp³-hybridized carbons (Fsp3) is 0.500. The van der Waals surface area contributed by atoms with Crippen molar-refractivity contribution < 1.29 is 14.3 Å². The number of hydrogen-bond acceptors (Lipinski definition) is 3. The third-order valence-corrected chi connectivity index (χ3v) is 4.48. The third kappa shape index (κ3) is 4.32. The molecule has 1 aliphatic rings. The maximum Gasteiger partial charge on any atom is 0.302 e. The van der Waals surface area contributed by atoms with Gasteiger partial charge < -0.3 is 9.47 Å². The first-order valence-corrected chi connectivity index (χ1v) is 8.02. The third-order valence-electron chi connectivity index (χ3n) is 4.01. The molecule has 0 saturated carbocycles. The highest BCUT2D eigenvalue weighted by Gasteiger charge is 2.41. The molecular formula is C18H25O3P. The summed E-state index contributed by atoms with van der Waals surface area (Å²) in [7, 11) is 2.81. The highest BCUT2D eigenvalue weighted by Crippen LogP contribution is 2.41. The van der Waals surface area contributed by atoms with Crippen LogP contribution in [-0.4, -0.2) is 19.2 Å². The lowest BCUT2D eigenvalue weighted by molar-refractivity contribution is -0.142. The summed E-state index contributed by atoms with van der Waals surface area (Å²) in [4.78, 5) is 10.9.